The second-order valence-electron chi connectivity index (χ2n) is 14.4. The molecule has 2 aromatic heterocycles. The van der Waals surface area contributed by atoms with Crippen LogP contribution in [-0.2, 0) is 0 Å². The first-order chi connectivity index (χ1) is 27.3. The van der Waals surface area contributed by atoms with Gasteiger partial charge in [0.05, 0.1) is 0 Å². The molecule has 0 spiro atoms. The van der Waals surface area contributed by atoms with Crippen LogP contribution < -0.4 is 0 Å². The van der Waals surface area contributed by atoms with Crippen molar-refractivity contribution in [3.05, 3.63) is 217 Å². The molecule has 0 N–H and O–H groups in total. The summed E-state index contributed by atoms with van der Waals surface area (Å²) in [7, 11) is 0. The minimum atomic E-state index is 0.0318. The van der Waals surface area contributed by atoms with Gasteiger partial charge >= 0.3 is 0 Å². The SMILES string of the molecule is c1ccc(-c2ccc(-c3ccc4oc5c(-c6cc7c(oc8cccc(C(c9ccccc9)c9ccccc9)c87)c7ccccc67)cccc5c4c3)cc2)cc1. The molecule has 0 radical (unpaired) electrons. The van der Waals surface area contributed by atoms with Crippen LogP contribution in [0.25, 0.3) is 88.0 Å². The molecular formula is C53H34O2. The molecule has 0 unspecified atom stereocenters. The summed E-state index contributed by atoms with van der Waals surface area (Å²) in [6.45, 7) is 0. The second-order valence-corrected chi connectivity index (χ2v) is 14.4. The largest absolute Gasteiger partial charge is 0.455 e. The predicted molar refractivity (Wildman–Crippen MR) is 229 cm³/mol. The highest BCUT2D eigenvalue weighted by Crippen LogP contribution is 2.46. The summed E-state index contributed by atoms with van der Waals surface area (Å²) in [6, 6.07) is 71.5. The summed E-state index contributed by atoms with van der Waals surface area (Å²) < 4.78 is 13.6. The number of rotatable bonds is 6. The van der Waals surface area contributed by atoms with Crippen molar-refractivity contribution in [2.24, 2.45) is 0 Å². The second kappa shape index (κ2) is 12.8. The summed E-state index contributed by atoms with van der Waals surface area (Å²) in [5.74, 6) is 0.0318. The van der Waals surface area contributed by atoms with Crippen LogP contribution in [0.1, 0.15) is 22.6 Å². The Kier molecular flexibility index (Phi) is 7.28. The predicted octanol–water partition coefficient (Wildman–Crippen LogP) is 14.8. The van der Waals surface area contributed by atoms with Crippen LogP contribution in [0.15, 0.2) is 209 Å². The molecular weight excluding hydrogens is 669 g/mol. The number of fused-ring (bicyclic) bond motifs is 8. The normalized spacial score (nSPS) is 11.8. The van der Waals surface area contributed by atoms with Crippen LogP contribution in [0.3, 0.4) is 0 Å². The highest BCUT2D eigenvalue weighted by Gasteiger charge is 2.24. The van der Waals surface area contributed by atoms with Crippen LogP contribution in [-0.4, -0.2) is 0 Å². The first kappa shape index (κ1) is 31.4. The first-order valence-corrected chi connectivity index (χ1v) is 18.9. The quantitative estimate of drug-likeness (QED) is 0.161. The van der Waals surface area contributed by atoms with E-state index < -0.39 is 0 Å². The lowest BCUT2D eigenvalue weighted by molar-refractivity contribution is 0.669. The van der Waals surface area contributed by atoms with Gasteiger partial charge in [-0.15, -0.1) is 0 Å². The molecule has 0 fully saturated rings. The number of hydrogen-bond acceptors (Lipinski definition) is 2. The molecule has 55 heavy (non-hydrogen) atoms. The van der Waals surface area contributed by atoms with Gasteiger partial charge in [0.15, 0.2) is 0 Å². The summed E-state index contributed by atoms with van der Waals surface area (Å²) in [4.78, 5) is 0. The number of benzene rings is 9. The van der Waals surface area contributed by atoms with Gasteiger partial charge in [-0.05, 0) is 74.2 Å². The first-order valence-electron chi connectivity index (χ1n) is 18.9. The van der Waals surface area contributed by atoms with Crippen molar-refractivity contribution >= 4 is 54.6 Å². The molecule has 0 amide bonds. The Bertz CT molecular complexity index is 3130. The number of furan rings is 2. The van der Waals surface area contributed by atoms with Gasteiger partial charge in [-0.3, -0.25) is 0 Å². The molecule has 11 aromatic rings. The van der Waals surface area contributed by atoms with Gasteiger partial charge in [0.25, 0.3) is 0 Å². The van der Waals surface area contributed by atoms with Crippen LogP contribution in [0.4, 0.5) is 0 Å². The van der Waals surface area contributed by atoms with E-state index in [4.69, 9.17) is 8.83 Å². The fourth-order valence-corrected chi connectivity index (χ4v) is 8.66. The van der Waals surface area contributed by atoms with Gasteiger partial charge < -0.3 is 8.83 Å². The molecule has 2 nitrogen and oxygen atoms in total. The van der Waals surface area contributed by atoms with E-state index in [9.17, 15) is 0 Å². The van der Waals surface area contributed by atoms with Crippen molar-refractivity contribution in [2.45, 2.75) is 5.92 Å². The molecule has 11 rings (SSSR count). The lowest BCUT2D eigenvalue weighted by atomic mass is 9.83. The summed E-state index contributed by atoms with van der Waals surface area (Å²) in [5.41, 5.74) is 14.2. The highest BCUT2D eigenvalue weighted by atomic mass is 16.3. The summed E-state index contributed by atoms with van der Waals surface area (Å²) in [5, 5.41) is 6.67. The summed E-state index contributed by atoms with van der Waals surface area (Å²) >= 11 is 0. The van der Waals surface area contributed by atoms with Crippen LogP contribution in [0, 0.1) is 0 Å². The van der Waals surface area contributed by atoms with E-state index >= 15 is 0 Å². The van der Waals surface area contributed by atoms with Crippen molar-refractivity contribution in [1.82, 2.24) is 0 Å². The molecule has 0 bridgehead atoms. The van der Waals surface area contributed by atoms with E-state index in [0.29, 0.717) is 0 Å². The van der Waals surface area contributed by atoms with E-state index in [0.717, 1.165) is 71.3 Å². The smallest absolute Gasteiger partial charge is 0.143 e. The van der Waals surface area contributed by atoms with E-state index in [1.165, 1.54) is 33.4 Å². The third kappa shape index (κ3) is 5.18. The van der Waals surface area contributed by atoms with E-state index in [2.05, 4.69) is 200 Å². The zero-order chi connectivity index (χ0) is 36.3. The average molecular weight is 703 g/mol. The van der Waals surface area contributed by atoms with Gasteiger partial charge in [0.1, 0.15) is 22.3 Å². The lowest BCUT2D eigenvalue weighted by Crippen LogP contribution is -2.03. The standard InChI is InChI=1S/C53H34O2/c1-4-14-34(15-5-1)35-26-28-36(29-27-35)39-30-31-48-46(32-39)43-23-12-22-42(52(43)54-48)45-33-47-51-44(50(37-16-6-2-7-17-37)38-18-8-3-9-19-38)24-13-25-49(51)55-53(47)41-21-11-10-20-40(41)45/h1-33,50H. The van der Waals surface area contributed by atoms with Gasteiger partial charge in [0.2, 0.25) is 0 Å². The zero-order valence-electron chi connectivity index (χ0n) is 29.9. The van der Waals surface area contributed by atoms with Crippen LogP contribution >= 0.6 is 0 Å². The molecule has 2 heteroatoms. The van der Waals surface area contributed by atoms with E-state index in [-0.39, 0.29) is 5.92 Å². The fourth-order valence-electron chi connectivity index (χ4n) is 8.66. The van der Waals surface area contributed by atoms with Crippen molar-refractivity contribution in [1.29, 1.82) is 0 Å². The van der Waals surface area contributed by atoms with Gasteiger partial charge in [-0.25, -0.2) is 0 Å². The lowest BCUT2D eigenvalue weighted by Gasteiger charge is -2.20. The van der Waals surface area contributed by atoms with Crippen LogP contribution in [0.5, 0.6) is 0 Å². The molecule has 0 saturated carbocycles. The van der Waals surface area contributed by atoms with E-state index in [1.54, 1.807) is 0 Å². The van der Waals surface area contributed by atoms with Crippen LogP contribution in [0.2, 0.25) is 0 Å². The number of para-hydroxylation sites is 1. The Labute approximate surface area is 318 Å². The molecule has 0 aliphatic heterocycles. The molecule has 0 aliphatic rings. The van der Waals surface area contributed by atoms with Crippen molar-refractivity contribution in [2.75, 3.05) is 0 Å². The maximum atomic E-state index is 6.82. The van der Waals surface area contributed by atoms with Gasteiger partial charge in [-0.2, -0.15) is 0 Å². The topological polar surface area (TPSA) is 26.3 Å². The molecule has 0 atom stereocenters. The average Bonchev–Trinajstić information content (AvgIpc) is 3.84. The third-order valence-corrected chi connectivity index (χ3v) is 11.2. The molecule has 2 heterocycles. The monoisotopic (exact) mass is 702 g/mol. The molecule has 0 saturated heterocycles. The summed E-state index contributed by atoms with van der Waals surface area (Å²) in [6.07, 6.45) is 0. The Hall–Kier alpha value is -7.16. The Morgan fingerprint density at radius 1 is 0.309 bits per heavy atom. The highest BCUT2D eigenvalue weighted by molar-refractivity contribution is 6.22. The zero-order valence-corrected chi connectivity index (χ0v) is 29.9. The van der Waals surface area contributed by atoms with Crippen molar-refractivity contribution in [3.63, 3.8) is 0 Å². The number of hydrogen-bond donors (Lipinski definition) is 0. The van der Waals surface area contributed by atoms with Crippen molar-refractivity contribution in [3.8, 4) is 33.4 Å². The fraction of sp³-hybridized carbons (Fsp3) is 0.0189. The maximum Gasteiger partial charge on any atom is 0.143 e. The minimum Gasteiger partial charge on any atom is -0.455 e. The molecule has 0 aliphatic carbocycles. The van der Waals surface area contributed by atoms with E-state index in [1.807, 2.05) is 0 Å². The third-order valence-electron chi connectivity index (χ3n) is 11.2. The molecule has 258 valence electrons. The van der Waals surface area contributed by atoms with Crippen molar-refractivity contribution < 1.29 is 8.83 Å². The minimum absolute atomic E-state index is 0.0318. The maximum absolute atomic E-state index is 6.82. The van der Waals surface area contributed by atoms with Gasteiger partial charge in [-0.1, -0.05) is 176 Å². The Balaban J connectivity index is 1.11. The Morgan fingerprint density at radius 2 is 0.855 bits per heavy atom. The molecule has 9 aromatic carbocycles. The Morgan fingerprint density at radius 3 is 1.58 bits per heavy atom. The van der Waals surface area contributed by atoms with Gasteiger partial charge in [0, 0.05) is 38.4 Å².